The van der Waals surface area contributed by atoms with E-state index >= 15 is 0 Å². The van der Waals surface area contributed by atoms with E-state index in [0.717, 1.165) is 45.0 Å². The van der Waals surface area contributed by atoms with E-state index in [9.17, 15) is 0 Å². The summed E-state index contributed by atoms with van der Waals surface area (Å²) >= 11 is 5.76. The maximum Gasteiger partial charge on any atom is 0.151 e. The van der Waals surface area contributed by atoms with Crippen LogP contribution in [-0.2, 0) is 0 Å². The van der Waals surface area contributed by atoms with Crippen molar-refractivity contribution < 1.29 is 0 Å². The summed E-state index contributed by atoms with van der Waals surface area (Å²) in [4.78, 5) is 4.70. The Bertz CT molecular complexity index is 306. The van der Waals surface area contributed by atoms with Crippen LogP contribution in [0.1, 0.15) is 6.42 Å². The maximum atomic E-state index is 5.76. The van der Waals surface area contributed by atoms with Crippen LogP contribution in [0.5, 0.6) is 0 Å². The molecule has 0 radical (unpaired) electrons. The fourth-order valence-corrected chi connectivity index (χ4v) is 2.24. The van der Waals surface area contributed by atoms with E-state index in [0.29, 0.717) is 5.88 Å². The van der Waals surface area contributed by atoms with Gasteiger partial charge < -0.3 is 9.80 Å². The second-order valence-electron chi connectivity index (χ2n) is 3.95. The van der Waals surface area contributed by atoms with Crippen LogP contribution >= 0.6 is 11.6 Å². The van der Waals surface area contributed by atoms with Gasteiger partial charge in [0.2, 0.25) is 0 Å². The van der Waals surface area contributed by atoms with E-state index in [1.807, 2.05) is 12.1 Å². The molecule has 4 nitrogen and oxygen atoms in total. The van der Waals surface area contributed by atoms with Crippen molar-refractivity contribution in [3.63, 3.8) is 0 Å². The lowest BCUT2D eigenvalue weighted by Crippen LogP contribution is -2.32. The van der Waals surface area contributed by atoms with Crippen molar-refractivity contribution in [2.75, 3.05) is 43.5 Å². The number of rotatable bonds is 3. The van der Waals surface area contributed by atoms with E-state index in [2.05, 4.69) is 20.0 Å². The minimum Gasteiger partial charge on any atom is -0.354 e. The smallest absolute Gasteiger partial charge is 0.151 e. The molecule has 0 bridgehead atoms. The predicted molar refractivity (Wildman–Crippen MR) is 66.0 cm³/mol. The summed E-state index contributed by atoms with van der Waals surface area (Å²) in [6, 6.07) is 3.95. The van der Waals surface area contributed by atoms with Crippen LogP contribution in [0.25, 0.3) is 0 Å². The van der Waals surface area contributed by atoms with E-state index in [1.54, 1.807) is 6.20 Å². The number of nitrogens with zero attached hydrogens (tertiary/aromatic N) is 4. The van der Waals surface area contributed by atoms with Gasteiger partial charge in [-0.3, -0.25) is 0 Å². The van der Waals surface area contributed by atoms with Crippen LogP contribution in [0.2, 0.25) is 0 Å². The highest BCUT2D eigenvalue weighted by Gasteiger charge is 2.15. The molecule has 5 heteroatoms. The molecule has 0 spiro atoms. The lowest BCUT2D eigenvalue weighted by molar-refractivity contribution is 0.311. The molecular formula is C11H17ClN4. The van der Waals surface area contributed by atoms with Crippen LogP contribution in [0, 0.1) is 0 Å². The van der Waals surface area contributed by atoms with Gasteiger partial charge in [-0.05, 0) is 25.1 Å². The van der Waals surface area contributed by atoms with Crippen LogP contribution in [-0.4, -0.2) is 53.7 Å². The number of anilines is 1. The Hall–Kier alpha value is -0.870. The molecular weight excluding hydrogens is 224 g/mol. The molecule has 0 N–H and O–H groups in total. The van der Waals surface area contributed by atoms with Crippen molar-refractivity contribution in [1.82, 2.24) is 15.1 Å². The van der Waals surface area contributed by atoms with Gasteiger partial charge in [-0.15, -0.1) is 16.7 Å². The van der Waals surface area contributed by atoms with Gasteiger partial charge in [-0.1, -0.05) is 0 Å². The van der Waals surface area contributed by atoms with E-state index in [1.165, 1.54) is 0 Å². The summed E-state index contributed by atoms with van der Waals surface area (Å²) in [5, 5.41) is 8.07. The molecule has 1 fully saturated rings. The molecule has 16 heavy (non-hydrogen) atoms. The van der Waals surface area contributed by atoms with Gasteiger partial charge in [-0.2, -0.15) is 5.10 Å². The molecule has 1 aromatic heterocycles. The fraction of sp³-hybridized carbons (Fsp3) is 0.636. The van der Waals surface area contributed by atoms with Crippen molar-refractivity contribution in [3.05, 3.63) is 18.3 Å². The Kier molecular flexibility index (Phi) is 4.36. The molecule has 0 saturated carbocycles. The van der Waals surface area contributed by atoms with Crippen LogP contribution < -0.4 is 4.90 Å². The molecule has 2 heterocycles. The average Bonchev–Trinajstić information content (AvgIpc) is 2.57. The second-order valence-corrected chi connectivity index (χ2v) is 4.33. The minimum absolute atomic E-state index is 0.713. The van der Waals surface area contributed by atoms with Crippen LogP contribution in [0.3, 0.4) is 0 Å². The van der Waals surface area contributed by atoms with Gasteiger partial charge in [0.25, 0.3) is 0 Å². The van der Waals surface area contributed by atoms with Gasteiger partial charge in [0.05, 0.1) is 0 Å². The lowest BCUT2D eigenvalue weighted by Gasteiger charge is -2.21. The van der Waals surface area contributed by atoms with Crippen molar-refractivity contribution in [3.8, 4) is 0 Å². The standard InChI is InChI=1S/C11H17ClN4/c12-4-8-15-6-2-7-16(10-9-15)11-3-1-5-13-14-11/h1,3,5H,2,4,6-10H2. The summed E-state index contributed by atoms with van der Waals surface area (Å²) in [5.74, 6) is 1.70. The monoisotopic (exact) mass is 240 g/mol. The Morgan fingerprint density at radius 1 is 1.25 bits per heavy atom. The first-order valence-electron chi connectivity index (χ1n) is 5.71. The average molecular weight is 241 g/mol. The first kappa shape index (κ1) is 11.6. The van der Waals surface area contributed by atoms with Crippen molar-refractivity contribution in [2.45, 2.75) is 6.42 Å². The first-order valence-corrected chi connectivity index (χ1v) is 6.24. The Morgan fingerprint density at radius 2 is 2.19 bits per heavy atom. The third-order valence-corrected chi connectivity index (χ3v) is 3.04. The maximum absolute atomic E-state index is 5.76. The first-order chi connectivity index (χ1) is 7.90. The summed E-state index contributed by atoms with van der Waals surface area (Å²) in [7, 11) is 0. The van der Waals surface area contributed by atoms with Gasteiger partial charge in [0.1, 0.15) is 0 Å². The van der Waals surface area contributed by atoms with Gasteiger partial charge in [0, 0.05) is 38.3 Å². The normalized spacial score (nSPS) is 18.4. The molecule has 0 aromatic carbocycles. The fourth-order valence-electron chi connectivity index (χ4n) is 2.01. The molecule has 0 amide bonds. The topological polar surface area (TPSA) is 32.3 Å². The Labute approximate surface area is 101 Å². The molecule has 1 saturated heterocycles. The summed E-state index contributed by atoms with van der Waals surface area (Å²) < 4.78 is 0. The quantitative estimate of drug-likeness (QED) is 0.744. The number of hydrogen-bond acceptors (Lipinski definition) is 4. The van der Waals surface area contributed by atoms with Crippen LogP contribution in [0.15, 0.2) is 18.3 Å². The highest BCUT2D eigenvalue weighted by atomic mass is 35.5. The molecule has 0 aliphatic carbocycles. The third-order valence-electron chi connectivity index (χ3n) is 2.87. The number of hydrogen-bond donors (Lipinski definition) is 0. The van der Waals surface area contributed by atoms with E-state index in [-0.39, 0.29) is 0 Å². The highest BCUT2D eigenvalue weighted by molar-refractivity contribution is 6.18. The summed E-state index contributed by atoms with van der Waals surface area (Å²) in [6.45, 7) is 5.23. The van der Waals surface area contributed by atoms with Crippen molar-refractivity contribution in [1.29, 1.82) is 0 Å². The molecule has 1 aromatic rings. The second kappa shape index (κ2) is 6.01. The van der Waals surface area contributed by atoms with Gasteiger partial charge >= 0.3 is 0 Å². The molecule has 2 rings (SSSR count). The van der Waals surface area contributed by atoms with E-state index in [4.69, 9.17) is 11.6 Å². The van der Waals surface area contributed by atoms with Gasteiger partial charge in [-0.25, -0.2) is 0 Å². The minimum atomic E-state index is 0.713. The molecule has 0 atom stereocenters. The van der Waals surface area contributed by atoms with Gasteiger partial charge in [0.15, 0.2) is 5.82 Å². The molecule has 1 aliphatic heterocycles. The third kappa shape index (κ3) is 3.06. The lowest BCUT2D eigenvalue weighted by atomic mass is 10.4. The number of halogens is 1. The summed E-state index contributed by atoms with van der Waals surface area (Å²) in [5.41, 5.74) is 0. The zero-order valence-corrected chi connectivity index (χ0v) is 10.1. The predicted octanol–water partition coefficient (Wildman–Crippen LogP) is 1.23. The van der Waals surface area contributed by atoms with E-state index < -0.39 is 0 Å². The Balaban J connectivity index is 1.94. The zero-order valence-electron chi connectivity index (χ0n) is 9.35. The number of alkyl halides is 1. The highest BCUT2D eigenvalue weighted by Crippen LogP contribution is 2.11. The van der Waals surface area contributed by atoms with Crippen molar-refractivity contribution in [2.24, 2.45) is 0 Å². The Morgan fingerprint density at radius 3 is 2.94 bits per heavy atom. The van der Waals surface area contributed by atoms with Crippen molar-refractivity contribution >= 4 is 17.4 Å². The van der Waals surface area contributed by atoms with Crippen LogP contribution in [0.4, 0.5) is 5.82 Å². The molecule has 1 aliphatic rings. The number of aromatic nitrogens is 2. The SMILES string of the molecule is ClCCN1CCCN(c2cccnn2)CC1. The molecule has 0 unspecified atom stereocenters. The molecule has 88 valence electrons. The summed E-state index contributed by atoms with van der Waals surface area (Å²) in [6.07, 6.45) is 2.87. The zero-order chi connectivity index (χ0) is 11.2. The largest absolute Gasteiger partial charge is 0.354 e.